The van der Waals surface area contributed by atoms with Crippen molar-refractivity contribution in [3.05, 3.63) is 11.2 Å². The molecule has 0 saturated carbocycles. The third kappa shape index (κ3) is 4.10. The molecule has 1 fully saturated rings. The molecule has 1 aliphatic heterocycles. The smallest absolute Gasteiger partial charge is 0.261 e. The zero-order valence-corrected chi connectivity index (χ0v) is 14.6. The molecule has 0 amide bonds. The Morgan fingerprint density at radius 1 is 1.43 bits per heavy atom. The fourth-order valence-electron chi connectivity index (χ4n) is 2.60. The Morgan fingerprint density at radius 2 is 2.05 bits per heavy atom. The average Bonchev–Trinajstić information content (AvgIpc) is 2.77. The van der Waals surface area contributed by atoms with Gasteiger partial charge in [-0.3, -0.25) is 4.68 Å². The first-order chi connectivity index (χ1) is 9.46. The molecular weight excluding hydrogens is 335 g/mol. The van der Waals surface area contributed by atoms with Gasteiger partial charge in [0.2, 0.25) is 0 Å². The van der Waals surface area contributed by atoms with Crippen molar-refractivity contribution in [1.29, 1.82) is 0 Å². The molecule has 21 heavy (non-hydrogen) atoms. The monoisotopic (exact) mass is 356 g/mol. The van der Waals surface area contributed by atoms with E-state index in [1.807, 2.05) is 7.05 Å². The summed E-state index contributed by atoms with van der Waals surface area (Å²) in [5.74, 6) is 0.593. The van der Waals surface area contributed by atoms with Gasteiger partial charge in [-0.05, 0) is 38.8 Å². The zero-order chi connectivity index (χ0) is 14.8. The van der Waals surface area contributed by atoms with Gasteiger partial charge < -0.3 is 5.32 Å². The van der Waals surface area contributed by atoms with Gasteiger partial charge in [0.15, 0.2) is 5.03 Å². The molecule has 1 aliphatic rings. The topological polar surface area (TPSA) is 67.2 Å². The van der Waals surface area contributed by atoms with Gasteiger partial charge >= 0.3 is 0 Å². The Morgan fingerprint density at radius 3 is 2.52 bits per heavy atom. The van der Waals surface area contributed by atoms with E-state index >= 15 is 0 Å². The van der Waals surface area contributed by atoms with Gasteiger partial charge in [-0.25, -0.2) is 8.42 Å². The summed E-state index contributed by atoms with van der Waals surface area (Å²) in [6.07, 6.45) is 4.26. The lowest BCUT2D eigenvalue weighted by Crippen LogP contribution is -2.39. The molecule has 2 rings (SSSR count). The highest BCUT2D eigenvalue weighted by Gasteiger charge is 2.32. The first-order valence-corrected chi connectivity index (χ1v) is 8.61. The van der Waals surface area contributed by atoms with Crippen LogP contribution in [-0.4, -0.2) is 49.2 Å². The average molecular weight is 357 g/mol. The van der Waals surface area contributed by atoms with Gasteiger partial charge in [0.1, 0.15) is 0 Å². The fourth-order valence-corrected chi connectivity index (χ4v) is 4.67. The number of rotatable bonds is 5. The summed E-state index contributed by atoms with van der Waals surface area (Å²) in [4.78, 5) is 0. The maximum Gasteiger partial charge on any atom is 0.261 e. The van der Waals surface area contributed by atoms with E-state index < -0.39 is 10.0 Å². The van der Waals surface area contributed by atoms with Crippen LogP contribution in [0.1, 0.15) is 19.3 Å². The second-order valence-corrected chi connectivity index (χ2v) is 7.42. The molecule has 0 unspecified atom stereocenters. The molecule has 1 aromatic rings. The van der Waals surface area contributed by atoms with E-state index in [0.29, 0.717) is 19.0 Å². The lowest BCUT2D eigenvalue weighted by molar-refractivity contribution is 0.262. The molecule has 0 bridgehead atoms. The second-order valence-electron chi connectivity index (χ2n) is 5.16. The summed E-state index contributed by atoms with van der Waals surface area (Å²) >= 11 is 5.95. The molecule has 0 atom stereocenters. The Labute approximate surface area is 137 Å². The van der Waals surface area contributed by atoms with Gasteiger partial charge in [-0.1, -0.05) is 11.6 Å². The highest BCUT2D eigenvalue weighted by Crippen LogP contribution is 2.28. The van der Waals surface area contributed by atoms with Crippen LogP contribution in [0.4, 0.5) is 0 Å². The van der Waals surface area contributed by atoms with Gasteiger partial charge in [-0.2, -0.15) is 9.40 Å². The van der Waals surface area contributed by atoms with Crippen LogP contribution >= 0.6 is 24.0 Å². The van der Waals surface area contributed by atoms with Crippen LogP contribution in [0, 0.1) is 5.92 Å². The van der Waals surface area contributed by atoms with E-state index in [9.17, 15) is 8.42 Å². The van der Waals surface area contributed by atoms with Crippen molar-refractivity contribution in [2.75, 3.05) is 26.7 Å². The quantitative estimate of drug-likeness (QED) is 0.867. The van der Waals surface area contributed by atoms with Crippen LogP contribution in [0.5, 0.6) is 0 Å². The van der Waals surface area contributed by atoms with Crippen LogP contribution in [0.2, 0.25) is 5.02 Å². The summed E-state index contributed by atoms with van der Waals surface area (Å²) in [6.45, 7) is 2.08. The van der Waals surface area contributed by atoms with E-state index in [1.165, 1.54) is 15.2 Å². The minimum absolute atomic E-state index is 0. The van der Waals surface area contributed by atoms with Crippen molar-refractivity contribution >= 4 is 34.0 Å². The van der Waals surface area contributed by atoms with Crippen LogP contribution in [0.15, 0.2) is 11.2 Å². The van der Waals surface area contributed by atoms with E-state index in [0.717, 1.165) is 25.8 Å². The van der Waals surface area contributed by atoms with Crippen LogP contribution in [0.3, 0.4) is 0 Å². The van der Waals surface area contributed by atoms with Crippen LogP contribution in [-0.2, 0) is 17.1 Å². The summed E-state index contributed by atoms with van der Waals surface area (Å²) in [5.41, 5.74) is 0. The summed E-state index contributed by atoms with van der Waals surface area (Å²) in [6, 6.07) is 0. The van der Waals surface area contributed by atoms with Crippen LogP contribution < -0.4 is 5.32 Å². The molecule has 0 aromatic carbocycles. The van der Waals surface area contributed by atoms with E-state index in [2.05, 4.69) is 10.4 Å². The normalized spacial score (nSPS) is 17.7. The van der Waals surface area contributed by atoms with Crippen molar-refractivity contribution in [1.82, 2.24) is 19.4 Å². The van der Waals surface area contributed by atoms with Crippen molar-refractivity contribution in [2.24, 2.45) is 13.0 Å². The number of nitrogens with one attached hydrogen (secondary N) is 1. The van der Waals surface area contributed by atoms with Gasteiger partial charge in [0, 0.05) is 20.1 Å². The standard InChI is InChI=1S/C12H21ClN4O2S.ClH/c1-14-6-3-10-4-7-17(8-5-10)20(18,19)12-11(13)9-15-16(12)2;/h9-10,14H,3-8H2,1-2H3;1H. The molecule has 9 heteroatoms. The minimum atomic E-state index is -3.54. The third-order valence-electron chi connectivity index (χ3n) is 3.80. The molecule has 0 aliphatic carbocycles. The molecule has 6 nitrogen and oxygen atoms in total. The molecular formula is C12H22Cl2N4O2S. The zero-order valence-electron chi connectivity index (χ0n) is 12.2. The molecule has 2 heterocycles. The summed E-state index contributed by atoms with van der Waals surface area (Å²) in [5, 5.41) is 7.31. The highest BCUT2D eigenvalue weighted by atomic mass is 35.5. The largest absolute Gasteiger partial charge is 0.320 e. The first kappa shape index (κ1) is 18.7. The Balaban J connectivity index is 0.00000220. The molecule has 0 spiro atoms. The lowest BCUT2D eigenvalue weighted by Gasteiger charge is -2.31. The van der Waals surface area contributed by atoms with Crippen molar-refractivity contribution < 1.29 is 8.42 Å². The fraction of sp³-hybridized carbons (Fsp3) is 0.750. The Bertz CT molecular complexity index is 534. The molecule has 1 saturated heterocycles. The second kappa shape index (κ2) is 7.78. The number of hydrogen-bond acceptors (Lipinski definition) is 4. The number of hydrogen-bond donors (Lipinski definition) is 1. The number of piperidine rings is 1. The minimum Gasteiger partial charge on any atom is -0.320 e. The number of aryl methyl sites for hydroxylation is 1. The summed E-state index contributed by atoms with van der Waals surface area (Å²) < 4.78 is 28.0. The van der Waals surface area contributed by atoms with E-state index in [1.54, 1.807) is 7.05 Å². The molecule has 1 N–H and O–H groups in total. The van der Waals surface area contributed by atoms with Gasteiger partial charge in [-0.15, -0.1) is 12.4 Å². The number of sulfonamides is 1. The number of aromatic nitrogens is 2. The van der Waals surface area contributed by atoms with Crippen molar-refractivity contribution in [3.63, 3.8) is 0 Å². The van der Waals surface area contributed by atoms with Gasteiger partial charge in [0.05, 0.1) is 11.2 Å². The Hall–Kier alpha value is -0.340. The molecule has 0 radical (unpaired) electrons. The highest BCUT2D eigenvalue weighted by molar-refractivity contribution is 7.89. The lowest BCUT2D eigenvalue weighted by atomic mass is 9.95. The number of halogens is 2. The molecule has 1 aromatic heterocycles. The third-order valence-corrected chi connectivity index (χ3v) is 6.21. The summed E-state index contributed by atoms with van der Waals surface area (Å²) in [7, 11) is -0.00757. The van der Waals surface area contributed by atoms with E-state index in [4.69, 9.17) is 11.6 Å². The predicted molar refractivity (Wildman–Crippen MR) is 85.5 cm³/mol. The first-order valence-electron chi connectivity index (χ1n) is 6.79. The number of nitrogens with zero attached hydrogens (tertiary/aromatic N) is 3. The van der Waals surface area contributed by atoms with Gasteiger partial charge in [0.25, 0.3) is 10.0 Å². The maximum atomic E-state index is 12.6. The van der Waals surface area contributed by atoms with Crippen LogP contribution in [0.25, 0.3) is 0 Å². The Kier molecular flexibility index (Phi) is 6.93. The van der Waals surface area contributed by atoms with Crippen molar-refractivity contribution in [3.8, 4) is 0 Å². The SMILES string of the molecule is CNCCC1CCN(S(=O)(=O)c2c(Cl)cnn2C)CC1.Cl. The maximum absolute atomic E-state index is 12.6. The van der Waals surface area contributed by atoms with E-state index in [-0.39, 0.29) is 22.5 Å². The molecule has 122 valence electrons. The van der Waals surface area contributed by atoms with Crippen molar-refractivity contribution in [2.45, 2.75) is 24.3 Å². The predicted octanol–water partition coefficient (Wildman–Crippen LogP) is 1.51.